The average molecular weight is 341 g/mol. The molecule has 0 amide bonds. The molecule has 0 atom stereocenters. The third-order valence-electron chi connectivity index (χ3n) is 3.56. The molecule has 7 nitrogen and oxygen atoms in total. The monoisotopic (exact) mass is 341 g/mol. The Morgan fingerprint density at radius 3 is 2.84 bits per heavy atom. The Morgan fingerprint density at radius 1 is 1.28 bits per heavy atom. The largest absolute Gasteiger partial charge is 0.356 e. The topological polar surface area (TPSA) is 80.0 Å². The molecule has 25 heavy (non-hydrogen) atoms. The molecule has 0 aromatic carbocycles. The van der Waals surface area contributed by atoms with Gasteiger partial charge in [0.2, 0.25) is 0 Å². The molecule has 0 aliphatic heterocycles. The summed E-state index contributed by atoms with van der Waals surface area (Å²) in [7, 11) is 0. The van der Waals surface area contributed by atoms with Crippen LogP contribution in [-0.4, -0.2) is 45.3 Å². The van der Waals surface area contributed by atoms with Gasteiger partial charge in [-0.1, -0.05) is 25.1 Å². The van der Waals surface area contributed by atoms with Crippen molar-refractivity contribution in [2.24, 2.45) is 4.99 Å². The zero-order valence-electron chi connectivity index (χ0n) is 15.1. The van der Waals surface area contributed by atoms with Crippen LogP contribution in [0.1, 0.15) is 25.4 Å². The summed E-state index contributed by atoms with van der Waals surface area (Å²) in [5, 5.41) is 14.8. The van der Waals surface area contributed by atoms with Crippen molar-refractivity contribution in [2.45, 2.75) is 33.2 Å². The predicted octanol–water partition coefficient (Wildman–Crippen LogP) is 1.59. The van der Waals surface area contributed by atoms with Crippen molar-refractivity contribution in [3.05, 3.63) is 54.4 Å². The van der Waals surface area contributed by atoms with Crippen molar-refractivity contribution in [1.29, 1.82) is 0 Å². The molecular weight excluding hydrogens is 314 g/mol. The average Bonchev–Trinajstić information content (AvgIpc) is 3.07. The number of aromatic nitrogens is 4. The van der Waals surface area contributed by atoms with E-state index < -0.39 is 0 Å². The van der Waals surface area contributed by atoms with Gasteiger partial charge < -0.3 is 15.2 Å². The van der Waals surface area contributed by atoms with Crippen molar-refractivity contribution in [3.8, 4) is 0 Å². The van der Waals surface area contributed by atoms with Gasteiger partial charge in [0.05, 0.1) is 6.54 Å². The highest BCUT2D eigenvalue weighted by Crippen LogP contribution is 1.96. The van der Waals surface area contributed by atoms with E-state index >= 15 is 0 Å². The van der Waals surface area contributed by atoms with Crippen LogP contribution in [0.25, 0.3) is 0 Å². The molecule has 2 N–H and O–H groups in total. The summed E-state index contributed by atoms with van der Waals surface area (Å²) < 4.78 is 2.05. The SMILES string of the molecule is C=C(C)CN=C(NCCc1ccccn1)NCCn1cnnc1CC. The maximum Gasteiger partial charge on any atom is 0.191 e. The Labute approximate surface area is 149 Å². The molecule has 0 bridgehead atoms. The molecule has 0 unspecified atom stereocenters. The Bertz CT molecular complexity index is 676. The molecule has 2 rings (SSSR count). The highest BCUT2D eigenvalue weighted by molar-refractivity contribution is 5.79. The van der Waals surface area contributed by atoms with E-state index in [1.807, 2.05) is 31.3 Å². The minimum Gasteiger partial charge on any atom is -0.356 e. The van der Waals surface area contributed by atoms with E-state index in [4.69, 9.17) is 0 Å². The lowest BCUT2D eigenvalue weighted by Gasteiger charge is -2.13. The third-order valence-corrected chi connectivity index (χ3v) is 3.56. The van der Waals surface area contributed by atoms with Gasteiger partial charge in [-0.15, -0.1) is 10.2 Å². The van der Waals surface area contributed by atoms with E-state index in [2.05, 4.69) is 48.9 Å². The number of aliphatic imine (C=N–C) groups is 1. The van der Waals surface area contributed by atoms with Crippen LogP contribution in [0.15, 0.2) is 47.9 Å². The first-order chi connectivity index (χ1) is 12.2. The van der Waals surface area contributed by atoms with Gasteiger partial charge in [0, 0.05) is 44.4 Å². The molecule has 0 saturated carbocycles. The van der Waals surface area contributed by atoms with Crippen LogP contribution in [0.5, 0.6) is 0 Å². The molecule has 2 aromatic rings. The zero-order valence-corrected chi connectivity index (χ0v) is 15.1. The van der Waals surface area contributed by atoms with Gasteiger partial charge in [0.25, 0.3) is 0 Å². The first-order valence-electron chi connectivity index (χ1n) is 8.62. The highest BCUT2D eigenvalue weighted by atomic mass is 15.3. The molecule has 0 aliphatic rings. The highest BCUT2D eigenvalue weighted by Gasteiger charge is 2.03. The van der Waals surface area contributed by atoms with E-state index in [1.54, 1.807) is 6.33 Å². The van der Waals surface area contributed by atoms with Gasteiger partial charge in [-0.25, -0.2) is 4.99 Å². The fourth-order valence-electron chi connectivity index (χ4n) is 2.28. The Hall–Kier alpha value is -2.70. The van der Waals surface area contributed by atoms with Crippen molar-refractivity contribution in [1.82, 2.24) is 30.4 Å². The molecule has 0 spiro atoms. The molecule has 7 heteroatoms. The lowest BCUT2D eigenvalue weighted by Crippen LogP contribution is -2.40. The van der Waals surface area contributed by atoms with Gasteiger partial charge in [0.1, 0.15) is 12.2 Å². The normalized spacial score (nSPS) is 11.4. The minimum atomic E-state index is 0.603. The number of nitrogens with zero attached hydrogens (tertiary/aromatic N) is 5. The zero-order chi connectivity index (χ0) is 17.9. The molecule has 0 fully saturated rings. The van der Waals surface area contributed by atoms with Crippen LogP contribution in [0.4, 0.5) is 0 Å². The van der Waals surface area contributed by atoms with Gasteiger partial charge in [-0.05, 0) is 19.1 Å². The number of guanidine groups is 1. The van der Waals surface area contributed by atoms with Crippen molar-refractivity contribution in [2.75, 3.05) is 19.6 Å². The quantitative estimate of drug-likeness (QED) is 0.411. The van der Waals surface area contributed by atoms with Crippen molar-refractivity contribution < 1.29 is 0 Å². The van der Waals surface area contributed by atoms with Crippen LogP contribution < -0.4 is 10.6 Å². The maximum atomic E-state index is 4.55. The molecule has 134 valence electrons. The van der Waals surface area contributed by atoms with Crippen molar-refractivity contribution in [3.63, 3.8) is 0 Å². The molecule has 0 aliphatic carbocycles. The van der Waals surface area contributed by atoms with E-state index in [-0.39, 0.29) is 0 Å². The van der Waals surface area contributed by atoms with Crippen LogP contribution in [0.3, 0.4) is 0 Å². The number of rotatable bonds is 9. The molecular formula is C18H27N7. The van der Waals surface area contributed by atoms with Crippen molar-refractivity contribution >= 4 is 5.96 Å². The van der Waals surface area contributed by atoms with Gasteiger partial charge >= 0.3 is 0 Å². The first-order valence-corrected chi connectivity index (χ1v) is 8.62. The van der Waals surface area contributed by atoms with E-state index in [0.717, 1.165) is 55.5 Å². The summed E-state index contributed by atoms with van der Waals surface area (Å²) in [6, 6.07) is 5.95. The van der Waals surface area contributed by atoms with E-state index in [9.17, 15) is 0 Å². The lowest BCUT2D eigenvalue weighted by molar-refractivity contribution is 0.631. The summed E-state index contributed by atoms with van der Waals surface area (Å²) in [4.78, 5) is 8.88. The number of nitrogens with one attached hydrogen (secondary N) is 2. The van der Waals surface area contributed by atoms with Gasteiger partial charge in [-0.2, -0.15) is 0 Å². The standard InChI is InChI=1S/C18H27N7/c1-4-17-24-23-14-25(17)12-11-21-18(22-13-15(2)3)20-10-8-16-7-5-6-9-19-16/h5-7,9,14H,2,4,8,10-13H2,1,3H3,(H2,20,21,22). The number of hydrogen-bond acceptors (Lipinski definition) is 4. The van der Waals surface area contributed by atoms with E-state index in [1.165, 1.54) is 0 Å². The summed E-state index contributed by atoms with van der Waals surface area (Å²) in [6.45, 7) is 10.9. The van der Waals surface area contributed by atoms with Crippen LogP contribution in [0, 0.1) is 0 Å². The Morgan fingerprint density at radius 2 is 2.12 bits per heavy atom. The molecule has 0 saturated heterocycles. The van der Waals surface area contributed by atoms with Gasteiger partial charge in [0.15, 0.2) is 5.96 Å². The molecule has 2 aromatic heterocycles. The second-order valence-corrected chi connectivity index (χ2v) is 5.84. The second-order valence-electron chi connectivity index (χ2n) is 5.84. The van der Waals surface area contributed by atoms with Crippen LogP contribution >= 0.6 is 0 Å². The number of pyridine rings is 1. The lowest BCUT2D eigenvalue weighted by atomic mass is 10.3. The summed E-state index contributed by atoms with van der Waals surface area (Å²) >= 11 is 0. The second kappa shape index (κ2) is 10.2. The fraction of sp³-hybridized carbons (Fsp3) is 0.444. The minimum absolute atomic E-state index is 0.603. The van der Waals surface area contributed by atoms with E-state index in [0.29, 0.717) is 6.54 Å². The smallest absolute Gasteiger partial charge is 0.191 e. The first kappa shape index (κ1) is 18.6. The predicted molar refractivity (Wildman–Crippen MR) is 100 cm³/mol. The Balaban J connectivity index is 1.82. The molecule has 0 radical (unpaired) electrons. The fourth-order valence-corrected chi connectivity index (χ4v) is 2.28. The number of aryl methyl sites for hydroxylation is 1. The Kier molecular flexibility index (Phi) is 7.62. The third kappa shape index (κ3) is 6.74. The number of hydrogen-bond donors (Lipinski definition) is 2. The van der Waals surface area contributed by atoms with Gasteiger partial charge in [-0.3, -0.25) is 4.98 Å². The summed E-state index contributed by atoms with van der Waals surface area (Å²) in [5.41, 5.74) is 2.09. The maximum absolute atomic E-state index is 4.55. The molecule has 2 heterocycles. The van der Waals surface area contributed by atoms with Crippen LogP contribution in [0.2, 0.25) is 0 Å². The van der Waals surface area contributed by atoms with Crippen LogP contribution in [-0.2, 0) is 19.4 Å². The summed E-state index contributed by atoms with van der Waals surface area (Å²) in [6.07, 6.45) is 5.30. The summed E-state index contributed by atoms with van der Waals surface area (Å²) in [5.74, 6) is 1.77.